The molecule has 1 aliphatic heterocycles. The van der Waals surface area contributed by atoms with Gasteiger partial charge in [0.05, 0.1) is 19.8 Å². The molecule has 0 fully saturated rings. The van der Waals surface area contributed by atoms with Crippen LogP contribution in [-0.4, -0.2) is 39.8 Å². The van der Waals surface area contributed by atoms with Crippen molar-refractivity contribution in [1.82, 2.24) is 15.1 Å². The molecule has 3 aromatic carbocycles. The van der Waals surface area contributed by atoms with E-state index < -0.39 is 6.04 Å². The summed E-state index contributed by atoms with van der Waals surface area (Å²) in [4.78, 5) is 15.6. The maximum absolute atomic E-state index is 13.8. The Morgan fingerprint density at radius 1 is 1.08 bits per heavy atom. The first-order valence-corrected chi connectivity index (χ1v) is 13.4. The van der Waals surface area contributed by atoms with Gasteiger partial charge in [0.25, 0.3) is 5.91 Å². The lowest BCUT2D eigenvalue weighted by molar-refractivity contribution is 0.0730. The Bertz CT molecular complexity index is 1550. The van der Waals surface area contributed by atoms with Gasteiger partial charge in [-0.15, -0.1) is 0 Å². The van der Waals surface area contributed by atoms with Crippen LogP contribution >= 0.6 is 23.2 Å². The van der Waals surface area contributed by atoms with Crippen LogP contribution in [0.1, 0.15) is 52.6 Å². The van der Waals surface area contributed by atoms with Crippen LogP contribution < -0.4 is 9.47 Å². The van der Waals surface area contributed by atoms with Crippen molar-refractivity contribution >= 4 is 29.1 Å². The van der Waals surface area contributed by atoms with Crippen LogP contribution in [0.15, 0.2) is 54.6 Å². The van der Waals surface area contributed by atoms with Gasteiger partial charge in [-0.2, -0.15) is 5.10 Å². The number of ether oxygens (including phenoxy) is 2. The highest BCUT2D eigenvalue weighted by atomic mass is 35.5. The molecule has 39 heavy (non-hydrogen) atoms. The van der Waals surface area contributed by atoms with Crippen LogP contribution in [0.3, 0.4) is 0 Å². The molecule has 0 spiro atoms. The standard InChI is InChI=1S/C30H29Cl2N3O4/c1-16(2)15-39-24-10-9-18(12-25(24)38-4)29-26-27(20-13-22(32)17(3)11-23(20)36)33-34-28(26)30(37)35(29)14-19-7-5-6-8-21(19)31/h5-13,16,29,36H,14-15H2,1-4H3,(H,33,34). The van der Waals surface area contributed by atoms with Crippen molar-refractivity contribution < 1.29 is 19.4 Å². The van der Waals surface area contributed by atoms with Gasteiger partial charge < -0.3 is 19.5 Å². The molecule has 0 saturated heterocycles. The molecule has 1 unspecified atom stereocenters. The Morgan fingerprint density at radius 2 is 1.85 bits per heavy atom. The Morgan fingerprint density at radius 3 is 2.56 bits per heavy atom. The van der Waals surface area contributed by atoms with Crippen molar-refractivity contribution in [2.45, 2.75) is 33.4 Å². The number of aromatic hydroxyl groups is 1. The second-order valence-corrected chi connectivity index (χ2v) is 10.8. The maximum Gasteiger partial charge on any atom is 0.273 e. The molecule has 2 N–H and O–H groups in total. The number of methoxy groups -OCH3 is 1. The van der Waals surface area contributed by atoms with Gasteiger partial charge in [-0.05, 0) is 59.9 Å². The lowest BCUT2D eigenvalue weighted by atomic mass is 9.94. The van der Waals surface area contributed by atoms with Crippen molar-refractivity contribution in [3.8, 4) is 28.5 Å². The fourth-order valence-corrected chi connectivity index (χ4v) is 5.17. The van der Waals surface area contributed by atoms with Crippen molar-refractivity contribution in [1.29, 1.82) is 0 Å². The number of phenols is 1. The van der Waals surface area contributed by atoms with Crippen LogP contribution in [0.2, 0.25) is 10.0 Å². The molecule has 1 aliphatic rings. The van der Waals surface area contributed by atoms with Gasteiger partial charge in [0, 0.05) is 27.7 Å². The zero-order chi connectivity index (χ0) is 27.8. The number of hydrogen-bond acceptors (Lipinski definition) is 5. The fourth-order valence-electron chi connectivity index (χ4n) is 4.81. The predicted octanol–water partition coefficient (Wildman–Crippen LogP) is 7.19. The summed E-state index contributed by atoms with van der Waals surface area (Å²) in [5, 5.41) is 19.3. The molecular formula is C30H29Cl2N3O4. The van der Waals surface area contributed by atoms with E-state index in [1.807, 2.05) is 43.3 Å². The summed E-state index contributed by atoms with van der Waals surface area (Å²) in [6.07, 6.45) is 0. The average molecular weight is 566 g/mol. The van der Waals surface area contributed by atoms with Crippen LogP contribution in [-0.2, 0) is 6.54 Å². The number of amides is 1. The first kappa shape index (κ1) is 26.9. The highest BCUT2D eigenvalue weighted by Crippen LogP contribution is 2.47. The molecule has 0 radical (unpaired) electrons. The number of rotatable bonds is 8. The number of aromatic nitrogens is 2. The van der Waals surface area contributed by atoms with Gasteiger partial charge in [0.1, 0.15) is 17.1 Å². The third-order valence-electron chi connectivity index (χ3n) is 6.77. The lowest BCUT2D eigenvalue weighted by Gasteiger charge is -2.27. The zero-order valence-electron chi connectivity index (χ0n) is 22.1. The first-order valence-electron chi connectivity index (χ1n) is 12.6. The van der Waals surface area contributed by atoms with E-state index in [-0.39, 0.29) is 18.2 Å². The number of halogens is 2. The molecule has 5 rings (SSSR count). The van der Waals surface area contributed by atoms with E-state index in [1.54, 1.807) is 30.2 Å². The van der Waals surface area contributed by atoms with E-state index >= 15 is 0 Å². The Hall–Kier alpha value is -3.68. The van der Waals surface area contributed by atoms with E-state index in [9.17, 15) is 9.90 Å². The van der Waals surface area contributed by atoms with Gasteiger partial charge in [-0.25, -0.2) is 0 Å². The molecular weight excluding hydrogens is 537 g/mol. The molecule has 1 aromatic heterocycles. The topological polar surface area (TPSA) is 87.7 Å². The van der Waals surface area contributed by atoms with Gasteiger partial charge in [0.2, 0.25) is 0 Å². The monoisotopic (exact) mass is 565 g/mol. The number of phenolic OH excluding ortho intramolecular Hbond substituents is 1. The summed E-state index contributed by atoms with van der Waals surface area (Å²) >= 11 is 12.9. The number of benzene rings is 3. The molecule has 0 saturated carbocycles. The second-order valence-electron chi connectivity index (χ2n) is 10.0. The minimum Gasteiger partial charge on any atom is -0.507 e. The second kappa shape index (κ2) is 10.8. The van der Waals surface area contributed by atoms with Crippen LogP contribution in [0.5, 0.6) is 17.2 Å². The molecule has 1 amide bonds. The number of aryl methyl sites for hydroxylation is 1. The normalized spacial score (nSPS) is 14.7. The SMILES string of the molecule is COc1cc(C2c3c(-c4cc(Cl)c(C)cc4O)n[nH]c3C(=O)N2Cc2ccccc2Cl)ccc1OCC(C)C. The van der Waals surface area contributed by atoms with E-state index in [2.05, 4.69) is 24.0 Å². The number of carbonyl (C=O) groups excluding carboxylic acids is 1. The van der Waals surface area contributed by atoms with E-state index in [4.69, 9.17) is 32.7 Å². The highest BCUT2D eigenvalue weighted by molar-refractivity contribution is 6.32. The summed E-state index contributed by atoms with van der Waals surface area (Å²) in [5.41, 5.74) is 4.20. The Labute approximate surface area is 237 Å². The van der Waals surface area contributed by atoms with Crippen molar-refractivity contribution in [2.24, 2.45) is 5.92 Å². The lowest BCUT2D eigenvalue weighted by Crippen LogP contribution is -2.29. The zero-order valence-corrected chi connectivity index (χ0v) is 23.6. The largest absolute Gasteiger partial charge is 0.507 e. The quantitative estimate of drug-likeness (QED) is 0.236. The third kappa shape index (κ3) is 5.04. The molecule has 7 nitrogen and oxygen atoms in total. The minimum absolute atomic E-state index is 0.0250. The molecule has 2 heterocycles. The van der Waals surface area contributed by atoms with Crippen LogP contribution in [0, 0.1) is 12.8 Å². The summed E-state index contributed by atoms with van der Waals surface area (Å²) < 4.78 is 11.6. The highest BCUT2D eigenvalue weighted by Gasteiger charge is 2.43. The fraction of sp³-hybridized carbons (Fsp3) is 0.267. The third-order valence-corrected chi connectivity index (χ3v) is 7.55. The Balaban J connectivity index is 1.66. The van der Waals surface area contributed by atoms with Gasteiger partial charge in [0.15, 0.2) is 11.5 Å². The number of carbonyl (C=O) groups is 1. The predicted molar refractivity (Wildman–Crippen MR) is 152 cm³/mol. The summed E-state index contributed by atoms with van der Waals surface area (Å²) in [7, 11) is 1.59. The summed E-state index contributed by atoms with van der Waals surface area (Å²) in [6, 6.07) is 15.8. The van der Waals surface area contributed by atoms with Gasteiger partial charge >= 0.3 is 0 Å². The van der Waals surface area contributed by atoms with Gasteiger partial charge in [-0.3, -0.25) is 9.89 Å². The number of H-pyrrole nitrogens is 1. The molecule has 1 atom stereocenters. The van der Waals surface area contributed by atoms with Crippen LogP contribution in [0.4, 0.5) is 0 Å². The molecule has 0 aliphatic carbocycles. The molecule has 9 heteroatoms. The number of nitrogens with one attached hydrogen (secondary N) is 1. The number of nitrogens with zero attached hydrogens (tertiary/aromatic N) is 2. The number of aromatic amines is 1. The molecule has 4 aromatic rings. The van der Waals surface area contributed by atoms with Crippen molar-refractivity contribution in [3.05, 3.63) is 92.6 Å². The van der Waals surface area contributed by atoms with Crippen molar-refractivity contribution in [2.75, 3.05) is 13.7 Å². The van der Waals surface area contributed by atoms with Crippen molar-refractivity contribution in [3.63, 3.8) is 0 Å². The number of hydrogen-bond donors (Lipinski definition) is 2. The Kier molecular flexibility index (Phi) is 7.47. The average Bonchev–Trinajstić information content (AvgIpc) is 3.45. The van der Waals surface area contributed by atoms with Gasteiger partial charge in [-0.1, -0.05) is 61.3 Å². The smallest absolute Gasteiger partial charge is 0.273 e. The summed E-state index contributed by atoms with van der Waals surface area (Å²) in [6.45, 7) is 6.77. The van der Waals surface area contributed by atoms with E-state index in [0.717, 1.165) is 16.7 Å². The molecule has 202 valence electrons. The van der Waals surface area contributed by atoms with Crippen LogP contribution in [0.25, 0.3) is 11.3 Å². The van der Waals surface area contributed by atoms with E-state index in [1.165, 1.54) is 0 Å². The first-order chi connectivity index (χ1) is 18.7. The number of fused-ring (bicyclic) bond motifs is 1. The molecule has 0 bridgehead atoms. The maximum atomic E-state index is 13.8. The summed E-state index contributed by atoms with van der Waals surface area (Å²) in [5.74, 6) is 1.31. The van der Waals surface area contributed by atoms with E-state index in [0.29, 0.717) is 56.6 Å². The minimum atomic E-state index is -0.551.